The summed E-state index contributed by atoms with van der Waals surface area (Å²) in [7, 11) is 0. The fourth-order valence-corrected chi connectivity index (χ4v) is 2.73. The van der Waals surface area contributed by atoms with Gasteiger partial charge in [-0.25, -0.2) is 9.67 Å². The molecule has 4 nitrogen and oxygen atoms in total. The molecule has 3 rings (SSSR count). The van der Waals surface area contributed by atoms with E-state index in [0.29, 0.717) is 0 Å². The molecular formula is C16H17IN4. The molecule has 1 aromatic carbocycles. The summed E-state index contributed by atoms with van der Waals surface area (Å²) in [5.74, 6) is 0.875. The van der Waals surface area contributed by atoms with Gasteiger partial charge in [-0.15, -0.1) is 0 Å². The van der Waals surface area contributed by atoms with Crippen molar-refractivity contribution in [2.45, 2.75) is 25.8 Å². The smallest absolute Gasteiger partial charge is 0.157 e. The summed E-state index contributed by atoms with van der Waals surface area (Å²) in [6, 6.07) is 10.5. The Kier molecular flexibility index (Phi) is 4.21. The van der Waals surface area contributed by atoms with Gasteiger partial charge >= 0.3 is 0 Å². The van der Waals surface area contributed by atoms with Crippen molar-refractivity contribution in [2.24, 2.45) is 5.73 Å². The lowest BCUT2D eigenvalue weighted by molar-refractivity contribution is 0.640. The number of hydrogen-bond acceptors (Lipinski definition) is 3. The summed E-state index contributed by atoms with van der Waals surface area (Å²) < 4.78 is 2.93. The molecular weight excluding hydrogens is 375 g/mol. The van der Waals surface area contributed by atoms with Crippen molar-refractivity contribution >= 4 is 33.5 Å². The van der Waals surface area contributed by atoms with Crippen molar-refractivity contribution in [2.75, 3.05) is 0 Å². The van der Waals surface area contributed by atoms with Crippen molar-refractivity contribution in [3.8, 4) is 5.82 Å². The zero-order chi connectivity index (χ0) is 14.8. The number of aromatic nitrogens is 3. The molecule has 0 saturated carbocycles. The highest BCUT2D eigenvalue weighted by Crippen LogP contribution is 2.21. The molecule has 0 bridgehead atoms. The summed E-state index contributed by atoms with van der Waals surface area (Å²) in [6.45, 7) is 2.11. The number of halogens is 1. The van der Waals surface area contributed by atoms with E-state index in [1.54, 1.807) is 0 Å². The normalized spacial score (nSPS) is 12.7. The van der Waals surface area contributed by atoms with Gasteiger partial charge in [-0.3, -0.25) is 0 Å². The lowest BCUT2D eigenvalue weighted by Gasteiger charge is -2.14. The van der Waals surface area contributed by atoms with Crippen molar-refractivity contribution in [3.63, 3.8) is 0 Å². The van der Waals surface area contributed by atoms with Crippen LogP contribution >= 0.6 is 22.6 Å². The van der Waals surface area contributed by atoms with Gasteiger partial charge < -0.3 is 5.73 Å². The molecule has 5 heteroatoms. The number of nitrogens with zero attached hydrogens (tertiary/aromatic N) is 3. The number of nitrogens with two attached hydrogens (primary N) is 1. The first-order valence-electron chi connectivity index (χ1n) is 7.02. The number of para-hydroxylation sites is 1. The molecule has 0 aliphatic rings. The molecule has 0 aliphatic carbocycles. The third-order valence-corrected chi connectivity index (χ3v) is 4.11. The van der Waals surface area contributed by atoms with E-state index >= 15 is 0 Å². The Morgan fingerprint density at radius 3 is 2.86 bits per heavy atom. The second-order valence-electron chi connectivity index (χ2n) is 5.14. The van der Waals surface area contributed by atoms with E-state index in [4.69, 9.17) is 10.7 Å². The lowest BCUT2D eigenvalue weighted by Crippen LogP contribution is -2.22. The van der Waals surface area contributed by atoms with Crippen LogP contribution in [0.1, 0.15) is 18.9 Å². The number of hydrogen-bond donors (Lipinski definition) is 1. The molecule has 2 aromatic heterocycles. The molecule has 0 aliphatic heterocycles. The van der Waals surface area contributed by atoms with Crippen LogP contribution in [0.5, 0.6) is 0 Å². The molecule has 1 atom stereocenters. The molecule has 21 heavy (non-hydrogen) atoms. The second-order valence-corrected chi connectivity index (χ2v) is 6.39. The fraction of sp³-hybridized carbons (Fsp3) is 0.250. The summed E-state index contributed by atoms with van der Waals surface area (Å²) in [5.41, 5.74) is 8.26. The van der Waals surface area contributed by atoms with Gasteiger partial charge in [0.15, 0.2) is 5.82 Å². The molecule has 1 unspecified atom stereocenters. The third-order valence-electron chi connectivity index (χ3n) is 3.55. The molecule has 2 heterocycles. The standard InChI is InChI=1S/C16H17IN4/c1-2-14(18)8-12-7-11-5-3-4-6-15(11)20-16(12)21-10-13(17)9-19-21/h3-7,9-10,14H,2,8,18H2,1H3. The van der Waals surface area contributed by atoms with Gasteiger partial charge in [0, 0.05) is 17.6 Å². The van der Waals surface area contributed by atoms with Crippen LogP contribution in [0.15, 0.2) is 42.7 Å². The number of pyridine rings is 1. The van der Waals surface area contributed by atoms with Crippen LogP contribution in [0.25, 0.3) is 16.7 Å². The van der Waals surface area contributed by atoms with E-state index in [1.165, 1.54) is 0 Å². The molecule has 2 N–H and O–H groups in total. The Labute approximate surface area is 137 Å². The maximum absolute atomic E-state index is 6.14. The van der Waals surface area contributed by atoms with Crippen LogP contribution in [0.4, 0.5) is 0 Å². The molecule has 0 amide bonds. The van der Waals surface area contributed by atoms with Crippen LogP contribution < -0.4 is 5.73 Å². The number of fused-ring (bicyclic) bond motifs is 1. The van der Waals surface area contributed by atoms with Crippen LogP contribution in [0.2, 0.25) is 0 Å². The van der Waals surface area contributed by atoms with Gasteiger partial charge in [0.2, 0.25) is 0 Å². The highest BCUT2D eigenvalue weighted by molar-refractivity contribution is 14.1. The van der Waals surface area contributed by atoms with Gasteiger partial charge in [-0.2, -0.15) is 5.10 Å². The Morgan fingerprint density at radius 1 is 1.33 bits per heavy atom. The predicted octanol–water partition coefficient (Wildman–Crippen LogP) is 3.30. The zero-order valence-electron chi connectivity index (χ0n) is 11.8. The SMILES string of the molecule is CCC(N)Cc1cc2ccccc2nc1-n1cc(I)cn1. The summed E-state index contributed by atoms with van der Waals surface area (Å²) in [5, 5.41) is 5.53. The second kappa shape index (κ2) is 6.11. The van der Waals surface area contributed by atoms with Gasteiger partial charge in [0.25, 0.3) is 0 Å². The van der Waals surface area contributed by atoms with Crippen LogP contribution in [0.3, 0.4) is 0 Å². The van der Waals surface area contributed by atoms with Gasteiger partial charge in [0.1, 0.15) is 0 Å². The van der Waals surface area contributed by atoms with E-state index in [9.17, 15) is 0 Å². The first-order valence-corrected chi connectivity index (χ1v) is 8.10. The highest BCUT2D eigenvalue weighted by atomic mass is 127. The van der Waals surface area contributed by atoms with Crippen LogP contribution in [-0.4, -0.2) is 20.8 Å². The van der Waals surface area contributed by atoms with Crippen molar-refractivity contribution < 1.29 is 0 Å². The Morgan fingerprint density at radius 2 is 2.14 bits per heavy atom. The number of rotatable bonds is 4. The lowest BCUT2D eigenvalue weighted by atomic mass is 10.0. The molecule has 3 aromatic rings. The monoisotopic (exact) mass is 392 g/mol. The quantitative estimate of drug-likeness (QED) is 0.694. The predicted molar refractivity (Wildman–Crippen MR) is 93.6 cm³/mol. The summed E-state index contributed by atoms with van der Waals surface area (Å²) in [6.07, 6.45) is 5.57. The molecule has 0 fully saturated rings. The van der Waals surface area contributed by atoms with Crippen LogP contribution in [-0.2, 0) is 6.42 Å². The number of benzene rings is 1. The van der Waals surface area contributed by atoms with E-state index in [1.807, 2.05) is 35.3 Å². The molecule has 108 valence electrons. The molecule has 0 radical (unpaired) electrons. The Balaban J connectivity index is 2.16. The maximum atomic E-state index is 6.14. The van der Waals surface area contributed by atoms with Crippen LogP contribution in [0, 0.1) is 3.57 Å². The van der Waals surface area contributed by atoms with Gasteiger partial charge in [-0.1, -0.05) is 25.1 Å². The van der Waals surface area contributed by atoms with E-state index in [0.717, 1.165) is 38.7 Å². The van der Waals surface area contributed by atoms with E-state index in [2.05, 4.69) is 46.7 Å². The van der Waals surface area contributed by atoms with E-state index in [-0.39, 0.29) is 6.04 Å². The highest BCUT2D eigenvalue weighted by Gasteiger charge is 2.12. The van der Waals surface area contributed by atoms with Gasteiger partial charge in [0.05, 0.1) is 15.3 Å². The first-order chi connectivity index (χ1) is 10.2. The average molecular weight is 392 g/mol. The molecule has 0 saturated heterocycles. The maximum Gasteiger partial charge on any atom is 0.157 e. The largest absolute Gasteiger partial charge is 0.327 e. The molecule has 0 spiro atoms. The van der Waals surface area contributed by atoms with E-state index < -0.39 is 0 Å². The van der Waals surface area contributed by atoms with Crippen molar-refractivity contribution in [1.29, 1.82) is 0 Å². The zero-order valence-corrected chi connectivity index (χ0v) is 14.0. The minimum Gasteiger partial charge on any atom is -0.327 e. The van der Waals surface area contributed by atoms with Crippen molar-refractivity contribution in [1.82, 2.24) is 14.8 Å². The topological polar surface area (TPSA) is 56.7 Å². The fourth-order valence-electron chi connectivity index (χ4n) is 2.34. The average Bonchev–Trinajstić information content (AvgIpc) is 2.92. The Bertz CT molecular complexity index is 766. The Hall–Kier alpha value is -1.47. The summed E-state index contributed by atoms with van der Waals surface area (Å²) in [4.78, 5) is 4.79. The third kappa shape index (κ3) is 3.08. The van der Waals surface area contributed by atoms with Crippen molar-refractivity contribution in [3.05, 3.63) is 51.9 Å². The first kappa shape index (κ1) is 14.5. The minimum absolute atomic E-state index is 0.140. The van der Waals surface area contributed by atoms with Gasteiger partial charge in [-0.05, 0) is 53.1 Å². The minimum atomic E-state index is 0.140. The summed E-state index contributed by atoms with van der Waals surface area (Å²) >= 11 is 2.25.